The first kappa shape index (κ1) is 16.1. The molecule has 0 aliphatic rings. The highest BCUT2D eigenvalue weighted by molar-refractivity contribution is 6.18. The third-order valence-electron chi connectivity index (χ3n) is 2.60. The van der Waals surface area contributed by atoms with Crippen molar-refractivity contribution in [3.05, 3.63) is 29.8 Å². The van der Waals surface area contributed by atoms with Crippen LogP contribution in [0.4, 0.5) is 5.69 Å². The Hall–Kier alpha value is -0.930. The van der Waals surface area contributed by atoms with E-state index in [0.29, 0.717) is 30.4 Å². The number of rotatable bonds is 7. The second-order valence-corrected chi connectivity index (χ2v) is 5.30. The predicted molar refractivity (Wildman–Crippen MR) is 82.7 cm³/mol. The highest BCUT2D eigenvalue weighted by Gasteiger charge is 2.10. The van der Waals surface area contributed by atoms with Gasteiger partial charge < -0.3 is 10.2 Å². The third-order valence-corrected chi connectivity index (χ3v) is 2.94. The molecule has 0 radical (unpaired) electrons. The first-order valence-electron chi connectivity index (χ1n) is 6.36. The molecule has 0 spiro atoms. The smallest absolute Gasteiger partial charge is 0.251 e. The summed E-state index contributed by atoms with van der Waals surface area (Å²) in [5, 5.41) is 2.88. The Kier molecular flexibility index (Phi) is 7.03. The molecule has 0 aliphatic heterocycles. The maximum absolute atomic E-state index is 12.0. The molecular formula is C14H20Cl2N2O. The summed E-state index contributed by atoms with van der Waals surface area (Å²) < 4.78 is 0. The Morgan fingerprint density at radius 1 is 1.26 bits per heavy atom. The Morgan fingerprint density at radius 3 is 2.42 bits per heavy atom. The lowest BCUT2D eigenvalue weighted by Crippen LogP contribution is -2.31. The van der Waals surface area contributed by atoms with Gasteiger partial charge in [0.2, 0.25) is 0 Å². The van der Waals surface area contributed by atoms with Crippen molar-refractivity contribution in [1.29, 1.82) is 0 Å². The Bertz CT molecular complexity index is 404. The molecular weight excluding hydrogens is 283 g/mol. The van der Waals surface area contributed by atoms with Crippen molar-refractivity contribution in [1.82, 2.24) is 5.32 Å². The maximum atomic E-state index is 12.0. The number of hydrogen-bond acceptors (Lipinski definition) is 2. The number of benzene rings is 1. The summed E-state index contributed by atoms with van der Waals surface area (Å²) in [7, 11) is 0. The van der Waals surface area contributed by atoms with Gasteiger partial charge in [-0.15, -0.1) is 23.2 Å². The van der Waals surface area contributed by atoms with Crippen LogP contribution in [-0.2, 0) is 0 Å². The Morgan fingerprint density at radius 2 is 1.89 bits per heavy atom. The monoisotopic (exact) mass is 302 g/mol. The van der Waals surface area contributed by atoms with Gasteiger partial charge in [0.15, 0.2) is 0 Å². The largest absolute Gasteiger partial charge is 0.369 e. The van der Waals surface area contributed by atoms with Gasteiger partial charge in [0.1, 0.15) is 0 Å². The van der Waals surface area contributed by atoms with Crippen LogP contribution < -0.4 is 10.2 Å². The minimum absolute atomic E-state index is 0.0615. The Balaban J connectivity index is 2.88. The van der Waals surface area contributed by atoms with E-state index in [4.69, 9.17) is 23.2 Å². The predicted octanol–water partition coefficient (Wildman–Crippen LogP) is 3.11. The fourth-order valence-electron chi connectivity index (χ4n) is 1.76. The minimum Gasteiger partial charge on any atom is -0.369 e. The van der Waals surface area contributed by atoms with Gasteiger partial charge in [-0.05, 0) is 32.0 Å². The number of alkyl halides is 2. The average Bonchev–Trinajstić information content (AvgIpc) is 2.38. The molecule has 1 amide bonds. The van der Waals surface area contributed by atoms with Crippen LogP contribution in [0, 0.1) is 0 Å². The summed E-state index contributed by atoms with van der Waals surface area (Å²) in [4.78, 5) is 14.0. The number of carbonyl (C=O) groups is 1. The molecule has 106 valence electrons. The van der Waals surface area contributed by atoms with Crippen LogP contribution in [-0.4, -0.2) is 36.8 Å². The first-order chi connectivity index (χ1) is 9.08. The normalized spacial score (nSPS) is 10.6. The quantitative estimate of drug-likeness (QED) is 0.785. The highest BCUT2D eigenvalue weighted by Crippen LogP contribution is 2.16. The molecule has 1 aromatic carbocycles. The highest BCUT2D eigenvalue weighted by atomic mass is 35.5. The van der Waals surface area contributed by atoms with E-state index in [-0.39, 0.29) is 11.9 Å². The van der Waals surface area contributed by atoms with Crippen molar-refractivity contribution in [2.75, 3.05) is 29.7 Å². The Labute approximate surface area is 124 Å². The summed E-state index contributed by atoms with van der Waals surface area (Å²) in [6, 6.07) is 7.64. The van der Waals surface area contributed by atoms with Crippen LogP contribution in [0.5, 0.6) is 0 Å². The molecule has 0 saturated carbocycles. The molecule has 0 atom stereocenters. The molecule has 0 unspecified atom stereocenters. The van der Waals surface area contributed by atoms with Gasteiger partial charge >= 0.3 is 0 Å². The van der Waals surface area contributed by atoms with E-state index < -0.39 is 0 Å². The molecule has 1 aromatic rings. The van der Waals surface area contributed by atoms with Crippen molar-refractivity contribution in [2.45, 2.75) is 19.9 Å². The van der Waals surface area contributed by atoms with Crippen molar-refractivity contribution in [3.63, 3.8) is 0 Å². The molecule has 0 bridgehead atoms. The van der Waals surface area contributed by atoms with Crippen LogP contribution in [0.1, 0.15) is 24.2 Å². The maximum Gasteiger partial charge on any atom is 0.251 e. The topological polar surface area (TPSA) is 32.3 Å². The third kappa shape index (κ3) is 5.29. The van der Waals surface area contributed by atoms with Crippen LogP contribution in [0.25, 0.3) is 0 Å². The van der Waals surface area contributed by atoms with Crippen molar-refractivity contribution < 1.29 is 4.79 Å². The standard InChI is InChI=1S/C14H20Cl2N2O/c1-11(2)17-14(19)12-4-3-5-13(10-12)18(8-6-15)9-7-16/h3-5,10-11H,6-9H2,1-2H3,(H,17,19). The summed E-state index contributed by atoms with van der Waals surface area (Å²) in [6.45, 7) is 5.30. The number of halogens is 2. The number of carbonyl (C=O) groups excluding carboxylic acids is 1. The van der Waals surface area contributed by atoms with E-state index in [1.165, 1.54) is 0 Å². The van der Waals surface area contributed by atoms with Gasteiger partial charge in [-0.25, -0.2) is 0 Å². The molecule has 0 heterocycles. The average molecular weight is 303 g/mol. The molecule has 5 heteroatoms. The fraction of sp³-hybridized carbons (Fsp3) is 0.500. The van der Waals surface area contributed by atoms with Crippen molar-refractivity contribution >= 4 is 34.8 Å². The van der Waals surface area contributed by atoms with Gasteiger partial charge in [0, 0.05) is 42.1 Å². The van der Waals surface area contributed by atoms with Crippen molar-refractivity contribution in [3.8, 4) is 0 Å². The van der Waals surface area contributed by atoms with E-state index in [1.54, 1.807) is 6.07 Å². The second kappa shape index (κ2) is 8.28. The SMILES string of the molecule is CC(C)NC(=O)c1cccc(N(CCCl)CCCl)c1. The molecule has 0 saturated heterocycles. The second-order valence-electron chi connectivity index (χ2n) is 4.54. The first-order valence-corrected chi connectivity index (χ1v) is 7.43. The van der Waals surface area contributed by atoms with E-state index in [9.17, 15) is 4.79 Å². The van der Waals surface area contributed by atoms with Crippen molar-refractivity contribution in [2.24, 2.45) is 0 Å². The molecule has 0 aromatic heterocycles. The number of amides is 1. The minimum atomic E-state index is -0.0615. The zero-order chi connectivity index (χ0) is 14.3. The van der Waals surface area contributed by atoms with E-state index in [2.05, 4.69) is 10.2 Å². The fourth-order valence-corrected chi connectivity index (χ4v) is 2.17. The summed E-state index contributed by atoms with van der Waals surface area (Å²) >= 11 is 11.6. The number of nitrogens with zero attached hydrogens (tertiary/aromatic N) is 1. The zero-order valence-electron chi connectivity index (χ0n) is 11.3. The van der Waals surface area contributed by atoms with Gasteiger partial charge in [-0.2, -0.15) is 0 Å². The lowest BCUT2D eigenvalue weighted by molar-refractivity contribution is 0.0943. The number of anilines is 1. The van der Waals surface area contributed by atoms with Gasteiger partial charge in [0.25, 0.3) is 5.91 Å². The lowest BCUT2D eigenvalue weighted by Gasteiger charge is -2.23. The number of nitrogens with one attached hydrogen (secondary N) is 1. The number of hydrogen-bond donors (Lipinski definition) is 1. The van der Waals surface area contributed by atoms with E-state index in [0.717, 1.165) is 5.69 Å². The van der Waals surface area contributed by atoms with Crippen LogP contribution in [0.2, 0.25) is 0 Å². The van der Waals surface area contributed by atoms with Gasteiger partial charge in [-0.3, -0.25) is 4.79 Å². The van der Waals surface area contributed by atoms with Gasteiger partial charge in [0.05, 0.1) is 0 Å². The van der Waals surface area contributed by atoms with Crippen LogP contribution in [0.15, 0.2) is 24.3 Å². The van der Waals surface area contributed by atoms with Gasteiger partial charge in [-0.1, -0.05) is 6.07 Å². The summed E-state index contributed by atoms with van der Waals surface area (Å²) in [6.07, 6.45) is 0. The summed E-state index contributed by atoms with van der Waals surface area (Å²) in [5.41, 5.74) is 1.62. The molecule has 19 heavy (non-hydrogen) atoms. The molecule has 1 rings (SSSR count). The van der Waals surface area contributed by atoms with E-state index in [1.807, 2.05) is 32.0 Å². The zero-order valence-corrected chi connectivity index (χ0v) is 12.8. The molecule has 0 fully saturated rings. The molecule has 1 N–H and O–H groups in total. The molecule has 0 aliphatic carbocycles. The lowest BCUT2D eigenvalue weighted by atomic mass is 10.1. The van der Waals surface area contributed by atoms with Crippen LogP contribution >= 0.6 is 23.2 Å². The van der Waals surface area contributed by atoms with E-state index >= 15 is 0 Å². The summed E-state index contributed by atoms with van der Waals surface area (Å²) in [5.74, 6) is 0.993. The molecule has 3 nitrogen and oxygen atoms in total. The van der Waals surface area contributed by atoms with Crippen LogP contribution in [0.3, 0.4) is 0 Å².